The molecule has 1 rings (SSSR count). The molecule has 0 saturated carbocycles. The van der Waals surface area contributed by atoms with Crippen LogP contribution in [0.25, 0.3) is 0 Å². The number of unbranched alkanes of at least 4 members (excludes halogenated alkanes) is 1. The lowest BCUT2D eigenvalue weighted by molar-refractivity contribution is 0.210. The number of ether oxygens (including phenoxy) is 1. The van der Waals surface area contributed by atoms with Gasteiger partial charge < -0.3 is 4.74 Å². The molecule has 1 unspecified atom stereocenters. The van der Waals surface area contributed by atoms with E-state index in [-0.39, 0.29) is 6.10 Å². The number of rotatable bonds is 9. The lowest BCUT2D eigenvalue weighted by atomic mass is 10.0. The molecule has 1 aromatic carbocycles. The van der Waals surface area contributed by atoms with E-state index in [0.717, 1.165) is 24.8 Å². The van der Waals surface area contributed by atoms with Crippen LogP contribution < -0.4 is 4.74 Å². The van der Waals surface area contributed by atoms with Gasteiger partial charge in [0, 0.05) is 0 Å². The lowest BCUT2D eigenvalue weighted by Gasteiger charge is -2.14. The topological polar surface area (TPSA) is 52.6 Å². The summed E-state index contributed by atoms with van der Waals surface area (Å²) >= 11 is 0. The second-order valence-corrected chi connectivity index (χ2v) is 7.25. The van der Waals surface area contributed by atoms with Crippen LogP contribution in [-0.2, 0) is 14.3 Å². The van der Waals surface area contributed by atoms with Crippen molar-refractivity contribution in [3.8, 4) is 5.75 Å². The standard InChI is InChI=1S/C16H26O4S/c1-13(2)15-10-5-6-11-16(15)19-12-8-7-9-14(3)20-21(4,17)18/h5-6,10-11,13-14H,7-9,12H2,1-4H3. The second kappa shape index (κ2) is 8.39. The molecular formula is C16H26O4S. The monoisotopic (exact) mass is 314 g/mol. The lowest BCUT2D eigenvalue weighted by Crippen LogP contribution is -2.14. The van der Waals surface area contributed by atoms with Crippen molar-refractivity contribution in [2.45, 2.75) is 52.1 Å². The number of hydrogen-bond acceptors (Lipinski definition) is 4. The molecule has 5 heteroatoms. The maximum Gasteiger partial charge on any atom is 0.264 e. The van der Waals surface area contributed by atoms with Gasteiger partial charge in [0.15, 0.2) is 0 Å². The average molecular weight is 314 g/mol. The highest BCUT2D eigenvalue weighted by Crippen LogP contribution is 2.26. The van der Waals surface area contributed by atoms with E-state index in [9.17, 15) is 8.42 Å². The maximum absolute atomic E-state index is 11.0. The Morgan fingerprint density at radius 3 is 2.38 bits per heavy atom. The molecule has 0 fully saturated rings. The molecule has 0 N–H and O–H groups in total. The van der Waals surface area contributed by atoms with Crippen LogP contribution in [0, 0.1) is 0 Å². The molecule has 0 aliphatic rings. The highest BCUT2D eigenvalue weighted by molar-refractivity contribution is 7.86. The molecular weight excluding hydrogens is 288 g/mol. The van der Waals surface area contributed by atoms with Gasteiger partial charge in [0.25, 0.3) is 10.1 Å². The molecule has 0 aromatic heterocycles. The Kier molecular flexibility index (Phi) is 7.18. The minimum absolute atomic E-state index is 0.275. The van der Waals surface area contributed by atoms with Crippen LogP contribution in [0.3, 0.4) is 0 Å². The third kappa shape index (κ3) is 7.48. The van der Waals surface area contributed by atoms with Gasteiger partial charge in [-0.15, -0.1) is 0 Å². The third-order valence-corrected chi connectivity index (χ3v) is 3.82. The van der Waals surface area contributed by atoms with Gasteiger partial charge in [-0.2, -0.15) is 8.42 Å². The van der Waals surface area contributed by atoms with E-state index in [1.165, 1.54) is 5.56 Å². The molecule has 0 bridgehead atoms. The molecule has 0 aliphatic carbocycles. The van der Waals surface area contributed by atoms with Crippen LogP contribution in [0.2, 0.25) is 0 Å². The quantitative estimate of drug-likeness (QED) is 0.515. The van der Waals surface area contributed by atoms with Crippen molar-refractivity contribution in [1.82, 2.24) is 0 Å². The molecule has 21 heavy (non-hydrogen) atoms. The van der Waals surface area contributed by atoms with Gasteiger partial charge >= 0.3 is 0 Å². The third-order valence-electron chi connectivity index (χ3n) is 3.14. The second-order valence-electron chi connectivity index (χ2n) is 5.65. The Morgan fingerprint density at radius 1 is 1.10 bits per heavy atom. The summed E-state index contributed by atoms with van der Waals surface area (Å²) in [5, 5.41) is 0. The Balaban J connectivity index is 2.29. The Bertz CT molecular complexity index is 523. The predicted octanol–water partition coefficient (Wildman–Crippen LogP) is 3.72. The van der Waals surface area contributed by atoms with Gasteiger partial charge in [-0.05, 0) is 43.7 Å². The van der Waals surface area contributed by atoms with E-state index in [4.69, 9.17) is 8.92 Å². The van der Waals surface area contributed by atoms with E-state index in [1.807, 2.05) is 18.2 Å². The van der Waals surface area contributed by atoms with Gasteiger partial charge in [-0.25, -0.2) is 0 Å². The summed E-state index contributed by atoms with van der Waals surface area (Å²) in [5.74, 6) is 1.37. The van der Waals surface area contributed by atoms with Gasteiger partial charge in [0.2, 0.25) is 0 Å². The normalized spacial score (nSPS) is 13.4. The molecule has 0 heterocycles. The van der Waals surface area contributed by atoms with Crippen LogP contribution in [0.5, 0.6) is 5.75 Å². The summed E-state index contributed by atoms with van der Waals surface area (Å²) in [4.78, 5) is 0. The van der Waals surface area contributed by atoms with Gasteiger partial charge in [0.1, 0.15) is 5.75 Å². The van der Waals surface area contributed by atoms with E-state index in [1.54, 1.807) is 6.92 Å². The van der Waals surface area contributed by atoms with Gasteiger partial charge in [0.05, 0.1) is 19.0 Å². The van der Waals surface area contributed by atoms with E-state index in [0.29, 0.717) is 18.9 Å². The van der Waals surface area contributed by atoms with Crippen molar-refractivity contribution in [1.29, 1.82) is 0 Å². The highest BCUT2D eigenvalue weighted by Gasteiger charge is 2.10. The van der Waals surface area contributed by atoms with Crippen molar-refractivity contribution in [2.75, 3.05) is 12.9 Å². The first-order chi connectivity index (χ1) is 9.79. The first kappa shape index (κ1) is 18.0. The minimum atomic E-state index is -3.36. The van der Waals surface area contributed by atoms with E-state index in [2.05, 4.69) is 19.9 Å². The van der Waals surface area contributed by atoms with Gasteiger partial charge in [-0.3, -0.25) is 4.18 Å². The van der Waals surface area contributed by atoms with Gasteiger partial charge in [-0.1, -0.05) is 32.0 Å². The van der Waals surface area contributed by atoms with Crippen LogP contribution in [0.1, 0.15) is 51.5 Å². The number of para-hydroxylation sites is 1. The summed E-state index contributed by atoms with van der Waals surface area (Å²) in [6.07, 6.45) is 3.27. The van der Waals surface area contributed by atoms with Crippen molar-refractivity contribution in [3.05, 3.63) is 29.8 Å². The van der Waals surface area contributed by atoms with Crippen LogP contribution in [-0.4, -0.2) is 27.4 Å². The highest BCUT2D eigenvalue weighted by atomic mass is 32.2. The van der Waals surface area contributed by atoms with Crippen molar-refractivity contribution >= 4 is 10.1 Å². The first-order valence-corrected chi connectivity index (χ1v) is 9.21. The van der Waals surface area contributed by atoms with E-state index < -0.39 is 10.1 Å². The Morgan fingerprint density at radius 2 is 1.76 bits per heavy atom. The first-order valence-electron chi connectivity index (χ1n) is 7.39. The van der Waals surface area contributed by atoms with Crippen LogP contribution in [0.15, 0.2) is 24.3 Å². The van der Waals surface area contributed by atoms with Crippen molar-refractivity contribution in [3.63, 3.8) is 0 Å². The molecule has 0 spiro atoms. The zero-order valence-corrected chi connectivity index (χ0v) is 14.2. The molecule has 4 nitrogen and oxygen atoms in total. The molecule has 0 amide bonds. The molecule has 120 valence electrons. The molecule has 0 radical (unpaired) electrons. The zero-order chi connectivity index (χ0) is 15.9. The summed E-state index contributed by atoms with van der Waals surface area (Å²) in [5.41, 5.74) is 1.21. The predicted molar refractivity (Wildman–Crippen MR) is 85.3 cm³/mol. The SMILES string of the molecule is CC(CCCCOc1ccccc1C(C)C)OS(C)(=O)=O. The number of hydrogen-bond donors (Lipinski definition) is 0. The molecule has 1 atom stereocenters. The Hall–Kier alpha value is -1.07. The Labute approximate surface area is 128 Å². The molecule has 1 aromatic rings. The molecule has 0 aliphatic heterocycles. The fourth-order valence-electron chi connectivity index (χ4n) is 2.15. The average Bonchev–Trinajstić information content (AvgIpc) is 2.36. The van der Waals surface area contributed by atoms with Crippen LogP contribution in [0.4, 0.5) is 0 Å². The molecule has 0 saturated heterocycles. The smallest absolute Gasteiger partial charge is 0.264 e. The summed E-state index contributed by atoms with van der Waals surface area (Å²) in [7, 11) is -3.36. The summed E-state index contributed by atoms with van der Waals surface area (Å²) in [6.45, 7) is 6.70. The largest absolute Gasteiger partial charge is 0.493 e. The minimum Gasteiger partial charge on any atom is -0.493 e. The number of benzene rings is 1. The zero-order valence-electron chi connectivity index (χ0n) is 13.3. The van der Waals surface area contributed by atoms with E-state index >= 15 is 0 Å². The maximum atomic E-state index is 11.0. The fourth-order valence-corrected chi connectivity index (χ4v) is 2.84. The summed E-state index contributed by atoms with van der Waals surface area (Å²) < 4.78 is 32.6. The van der Waals surface area contributed by atoms with Crippen LogP contribution >= 0.6 is 0 Å². The fraction of sp³-hybridized carbons (Fsp3) is 0.625. The summed E-state index contributed by atoms with van der Waals surface area (Å²) in [6, 6.07) is 8.07. The van der Waals surface area contributed by atoms with Crippen molar-refractivity contribution < 1.29 is 17.3 Å². The van der Waals surface area contributed by atoms with Crippen molar-refractivity contribution in [2.24, 2.45) is 0 Å².